The van der Waals surface area contributed by atoms with E-state index in [9.17, 15) is 9.59 Å². The Balaban J connectivity index is 2.02. The molecule has 2 N–H and O–H groups in total. The number of hydrogen-bond acceptors (Lipinski definition) is 3. The number of hydrogen-bond donors (Lipinski definition) is 2. The number of rotatable bonds is 9. The fourth-order valence-corrected chi connectivity index (χ4v) is 2.37. The van der Waals surface area contributed by atoms with Crippen molar-refractivity contribution in [1.82, 2.24) is 5.32 Å². The molecule has 0 aromatic carbocycles. The largest absolute Gasteiger partial charge is 0.479 e. The van der Waals surface area contributed by atoms with Crippen molar-refractivity contribution >= 4 is 11.9 Å². The van der Waals surface area contributed by atoms with Gasteiger partial charge < -0.3 is 15.2 Å². The van der Waals surface area contributed by atoms with E-state index in [0.717, 1.165) is 18.8 Å². The minimum atomic E-state index is -0.981. The monoisotopic (exact) mass is 285 g/mol. The Morgan fingerprint density at radius 3 is 2.40 bits per heavy atom. The van der Waals surface area contributed by atoms with Crippen molar-refractivity contribution in [3.8, 4) is 0 Å². The zero-order chi connectivity index (χ0) is 15.0. The van der Waals surface area contributed by atoms with E-state index in [2.05, 4.69) is 19.2 Å². The van der Waals surface area contributed by atoms with Crippen LogP contribution in [0.2, 0.25) is 0 Å². The molecule has 1 amide bonds. The summed E-state index contributed by atoms with van der Waals surface area (Å²) in [4.78, 5) is 22.5. The highest BCUT2D eigenvalue weighted by molar-refractivity contribution is 5.82. The SMILES string of the molecule is CC(C)CCCCCCNC(=O)[C@@H]1CC[C@H](C(=O)O)O1. The molecule has 1 heterocycles. The zero-order valence-corrected chi connectivity index (χ0v) is 12.6. The van der Waals surface area contributed by atoms with Gasteiger partial charge in [-0.3, -0.25) is 4.79 Å². The average Bonchev–Trinajstić information content (AvgIpc) is 2.86. The first-order valence-corrected chi connectivity index (χ1v) is 7.66. The summed E-state index contributed by atoms with van der Waals surface area (Å²) in [6.07, 6.45) is 5.32. The molecule has 1 rings (SSSR count). The van der Waals surface area contributed by atoms with E-state index in [0.29, 0.717) is 19.4 Å². The van der Waals surface area contributed by atoms with Crippen LogP contribution < -0.4 is 5.32 Å². The molecule has 1 saturated heterocycles. The topological polar surface area (TPSA) is 75.6 Å². The van der Waals surface area contributed by atoms with Gasteiger partial charge in [0.05, 0.1) is 0 Å². The number of amides is 1. The molecular formula is C15H27NO4. The van der Waals surface area contributed by atoms with Gasteiger partial charge in [0, 0.05) is 6.54 Å². The Bertz CT molecular complexity index is 317. The van der Waals surface area contributed by atoms with E-state index >= 15 is 0 Å². The Labute approximate surface area is 121 Å². The van der Waals surface area contributed by atoms with Crippen LogP contribution in [0.15, 0.2) is 0 Å². The summed E-state index contributed by atoms with van der Waals surface area (Å²) in [6, 6.07) is 0. The Kier molecular flexibility index (Phi) is 7.59. The third kappa shape index (κ3) is 6.37. The van der Waals surface area contributed by atoms with Gasteiger partial charge in [0.1, 0.15) is 6.10 Å². The molecule has 1 aliphatic heterocycles. The van der Waals surface area contributed by atoms with Gasteiger partial charge in [-0.15, -0.1) is 0 Å². The van der Waals surface area contributed by atoms with Gasteiger partial charge >= 0.3 is 5.97 Å². The van der Waals surface area contributed by atoms with Crippen LogP contribution in [0.5, 0.6) is 0 Å². The van der Waals surface area contributed by atoms with E-state index in [4.69, 9.17) is 9.84 Å². The first kappa shape index (κ1) is 17.0. The van der Waals surface area contributed by atoms with Crippen LogP contribution in [0.1, 0.15) is 58.8 Å². The second-order valence-corrected chi connectivity index (χ2v) is 5.92. The normalized spacial score (nSPS) is 22.1. The van der Waals surface area contributed by atoms with E-state index in [-0.39, 0.29) is 5.91 Å². The van der Waals surface area contributed by atoms with E-state index < -0.39 is 18.2 Å². The second-order valence-electron chi connectivity index (χ2n) is 5.92. The lowest BCUT2D eigenvalue weighted by atomic mass is 10.0. The van der Waals surface area contributed by atoms with Gasteiger partial charge in [-0.25, -0.2) is 4.79 Å². The third-order valence-corrected chi connectivity index (χ3v) is 3.59. The summed E-state index contributed by atoms with van der Waals surface area (Å²) in [5.74, 6) is -0.391. The van der Waals surface area contributed by atoms with Crippen molar-refractivity contribution in [2.75, 3.05) is 6.54 Å². The van der Waals surface area contributed by atoms with E-state index in [1.54, 1.807) is 0 Å². The van der Waals surface area contributed by atoms with Gasteiger partial charge in [-0.1, -0.05) is 39.5 Å². The molecule has 116 valence electrons. The van der Waals surface area contributed by atoms with Crippen molar-refractivity contribution in [3.05, 3.63) is 0 Å². The van der Waals surface area contributed by atoms with E-state index in [1.807, 2.05) is 0 Å². The molecule has 0 spiro atoms. The van der Waals surface area contributed by atoms with Gasteiger partial charge in [0.2, 0.25) is 5.91 Å². The number of nitrogens with one attached hydrogen (secondary N) is 1. The lowest BCUT2D eigenvalue weighted by Crippen LogP contribution is -2.36. The number of carbonyl (C=O) groups excluding carboxylic acids is 1. The molecule has 1 fully saturated rings. The van der Waals surface area contributed by atoms with Crippen LogP contribution in [0.4, 0.5) is 0 Å². The Hall–Kier alpha value is -1.10. The maximum Gasteiger partial charge on any atom is 0.332 e. The van der Waals surface area contributed by atoms with Crippen molar-refractivity contribution < 1.29 is 19.4 Å². The second kappa shape index (κ2) is 8.95. The fourth-order valence-electron chi connectivity index (χ4n) is 2.37. The average molecular weight is 285 g/mol. The Morgan fingerprint density at radius 2 is 1.80 bits per heavy atom. The van der Waals surface area contributed by atoms with Crippen LogP contribution in [-0.2, 0) is 14.3 Å². The molecule has 0 radical (unpaired) electrons. The van der Waals surface area contributed by atoms with Crippen LogP contribution in [0.3, 0.4) is 0 Å². The molecule has 5 heteroatoms. The summed E-state index contributed by atoms with van der Waals surface area (Å²) in [7, 11) is 0. The van der Waals surface area contributed by atoms with Crippen molar-refractivity contribution in [3.63, 3.8) is 0 Å². The standard InChI is InChI=1S/C15H27NO4/c1-11(2)7-5-3-4-6-10-16-14(17)12-8-9-13(20-12)15(18)19/h11-13H,3-10H2,1-2H3,(H,16,17)(H,18,19)/t12-,13+/m0/s1. The maximum absolute atomic E-state index is 11.8. The minimum absolute atomic E-state index is 0.170. The minimum Gasteiger partial charge on any atom is -0.479 e. The lowest BCUT2D eigenvalue weighted by Gasteiger charge is -2.11. The molecule has 20 heavy (non-hydrogen) atoms. The van der Waals surface area contributed by atoms with E-state index in [1.165, 1.54) is 19.3 Å². The zero-order valence-electron chi connectivity index (χ0n) is 12.6. The van der Waals surface area contributed by atoms with Crippen LogP contribution in [-0.4, -0.2) is 35.7 Å². The number of unbranched alkanes of at least 4 members (excludes halogenated alkanes) is 3. The van der Waals surface area contributed by atoms with Crippen molar-refractivity contribution in [1.29, 1.82) is 0 Å². The molecule has 5 nitrogen and oxygen atoms in total. The molecule has 1 aliphatic rings. The highest BCUT2D eigenvalue weighted by Crippen LogP contribution is 2.19. The van der Waals surface area contributed by atoms with Gasteiger partial charge in [-0.05, 0) is 25.2 Å². The van der Waals surface area contributed by atoms with Crippen LogP contribution >= 0.6 is 0 Å². The molecule has 2 atom stereocenters. The maximum atomic E-state index is 11.8. The molecule has 0 aromatic rings. The third-order valence-electron chi connectivity index (χ3n) is 3.59. The molecule has 0 unspecified atom stereocenters. The lowest BCUT2D eigenvalue weighted by molar-refractivity contribution is -0.151. The first-order chi connectivity index (χ1) is 9.50. The smallest absolute Gasteiger partial charge is 0.332 e. The summed E-state index contributed by atoms with van der Waals surface area (Å²) < 4.78 is 5.19. The summed E-state index contributed by atoms with van der Waals surface area (Å²) in [6.45, 7) is 5.11. The molecule has 0 saturated carbocycles. The number of carboxylic acid groups (broad SMARTS) is 1. The fraction of sp³-hybridized carbons (Fsp3) is 0.867. The van der Waals surface area contributed by atoms with Crippen LogP contribution in [0.25, 0.3) is 0 Å². The molecule has 0 aliphatic carbocycles. The predicted octanol–water partition coefficient (Wildman–Crippen LogP) is 2.34. The molecular weight excluding hydrogens is 258 g/mol. The highest BCUT2D eigenvalue weighted by atomic mass is 16.5. The summed E-state index contributed by atoms with van der Waals surface area (Å²) >= 11 is 0. The van der Waals surface area contributed by atoms with Crippen LogP contribution in [0, 0.1) is 5.92 Å². The summed E-state index contributed by atoms with van der Waals surface area (Å²) in [5.41, 5.74) is 0. The molecule has 0 bridgehead atoms. The molecule has 0 aromatic heterocycles. The van der Waals surface area contributed by atoms with Gasteiger partial charge in [-0.2, -0.15) is 0 Å². The first-order valence-electron chi connectivity index (χ1n) is 7.66. The number of carbonyl (C=O) groups is 2. The van der Waals surface area contributed by atoms with Gasteiger partial charge in [0.25, 0.3) is 0 Å². The van der Waals surface area contributed by atoms with Gasteiger partial charge in [0.15, 0.2) is 6.10 Å². The summed E-state index contributed by atoms with van der Waals surface area (Å²) in [5, 5.41) is 11.6. The predicted molar refractivity (Wildman–Crippen MR) is 76.5 cm³/mol. The van der Waals surface area contributed by atoms with Crippen molar-refractivity contribution in [2.45, 2.75) is 71.0 Å². The van der Waals surface area contributed by atoms with Crippen molar-refractivity contribution in [2.24, 2.45) is 5.92 Å². The Morgan fingerprint density at radius 1 is 1.15 bits per heavy atom. The highest BCUT2D eigenvalue weighted by Gasteiger charge is 2.34. The number of ether oxygens (including phenoxy) is 1. The number of aliphatic carboxylic acids is 1. The number of carboxylic acids is 1. The quantitative estimate of drug-likeness (QED) is 0.638.